The van der Waals surface area contributed by atoms with E-state index in [0.717, 1.165) is 13.1 Å². The summed E-state index contributed by atoms with van der Waals surface area (Å²) in [5.74, 6) is 0.228. The van der Waals surface area contributed by atoms with Crippen molar-refractivity contribution >= 4 is 5.91 Å². The van der Waals surface area contributed by atoms with Crippen molar-refractivity contribution in [2.45, 2.75) is 32.2 Å². The molecule has 18 heavy (non-hydrogen) atoms. The van der Waals surface area contributed by atoms with Gasteiger partial charge in [-0.15, -0.1) is 0 Å². The maximum atomic E-state index is 12.1. The Morgan fingerprint density at radius 2 is 2.17 bits per heavy atom. The summed E-state index contributed by atoms with van der Waals surface area (Å²) in [4.78, 5) is 14.1. The molecule has 1 aromatic rings. The topological polar surface area (TPSA) is 32.3 Å². The summed E-state index contributed by atoms with van der Waals surface area (Å²) < 4.78 is 0. The van der Waals surface area contributed by atoms with Crippen LogP contribution in [-0.4, -0.2) is 30.4 Å². The second-order valence-corrected chi connectivity index (χ2v) is 6.09. The Labute approximate surface area is 108 Å². The van der Waals surface area contributed by atoms with E-state index < -0.39 is 0 Å². The molecule has 1 saturated heterocycles. The van der Waals surface area contributed by atoms with Crippen LogP contribution in [0.25, 0.3) is 0 Å². The summed E-state index contributed by atoms with van der Waals surface area (Å²) in [5.41, 5.74) is 4.15. The molecule has 1 fully saturated rings. The summed E-state index contributed by atoms with van der Waals surface area (Å²) in [5, 5.41) is 3.23. The molecule has 0 saturated carbocycles. The first-order chi connectivity index (χ1) is 8.50. The molecule has 3 heteroatoms. The van der Waals surface area contributed by atoms with Gasteiger partial charge in [0.2, 0.25) is 5.91 Å². The molecule has 3 nitrogen and oxygen atoms in total. The molecular weight excluding hydrogens is 224 g/mol. The van der Waals surface area contributed by atoms with E-state index in [9.17, 15) is 4.79 Å². The van der Waals surface area contributed by atoms with Crippen LogP contribution < -0.4 is 5.32 Å². The molecule has 0 bridgehead atoms. The number of amides is 1. The van der Waals surface area contributed by atoms with Crippen LogP contribution >= 0.6 is 0 Å². The molecular formula is C15H20N2O. The highest BCUT2D eigenvalue weighted by Gasteiger charge is 2.41. The van der Waals surface area contributed by atoms with Gasteiger partial charge in [0.05, 0.1) is 12.6 Å². The average Bonchev–Trinajstić information content (AvgIpc) is 2.30. The lowest BCUT2D eigenvalue weighted by molar-refractivity contribution is -0.136. The molecule has 0 aromatic heterocycles. The van der Waals surface area contributed by atoms with Crippen molar-refractivity contribution in [2.75, 3.05) is 19.6 Å². The van der Waals surface area contributed by atoms with E-state index in [-0.39, 0.29) is 17.4 Å². The highest BCUT2D eigenvalue weighted by atomic mass is 16.2. The van der Waals surface area contributed by atoms with Crippen LogP contribution in [0.4, 0.5) is 0 Å². The van der Waals surface area contributed by atoms with E-state index in [1.165, 1.54) is 16.7 Å². The molecule has 1 atom stereocenters. The molecule has 0 aliphatic carbocycles. The Morgan fingerprint density at radius 3 is 2.94 bits per heavy atom. The number of nitrogens with one attached hydrogen (secondary N) is 1. The summed E-state index contributed by atoms with van der Waals surface area (Å²) in [6.45, 7) is 8.84. The monoisotopic (exact) mass is 244 g/mol. The Hall–Kier alpha value is -1.35. The fraction of sp³-hybridized carbons (Fsp3) is 0.533. The molecule has 1 N–H and O–H groups in total. The predicted molar refractivity (Wildman–Crippen MR) is 71.5 cm³/mol. The molecule has 3 rings (SSSR count). The maximum absolute atomic E-state index is 12.1. The van der Waals surface area contributed by atoms with Crippen LogP contribution in [0.15, 0.2) is 18.2 Å². The van der Waals surface area contributed by atoms with E-state index in [0.29, 0.717) is 6.54 Å². The Bertz CT molecular complexity index is 507. The minimum atomic E-state index is 0.0458. The van der Waals surface area contributed by atoms with Crippen LogP contribution in [0.5, 0.6) is 0 Å². The lowest BCUT2D eigenvalue weighted by Crippen LogP contribution is -2.56. The number of hydrogen-bond donors (Lipinski definition) is 1. The molecule has 2 aliphatic rings. The van der Waals surface area contributed by atoms with Crippen LogP contribution in [0.2, 0.25) is 0 Å². The minimum absolute atomic E-state index is 0.0458. The standard InChI is InChI=1S/C15H20N2O/c1-10-5-4-6-11-12-7-16-8-13(18)17(12)9-15(2,3)14(10)11/h4-6,12,16H,7-9H2,1-3H3. The first-order valence-corrected chi connectivity index (χ1v) is 6.61. The van der Waals surface area contributed by atoms with Gasteiger partial charge in [-0.1, -0.05) is 32.0 Å². The van der Waals surface area contributed by atoms with E-state index in [1.807, 2.05) is 0 Å². The third kappa shape index (κ3) is 1.57. The lowest BCUT2D eigenvalue weighted by atomic mass is 9.73. The Morgan fingerprint density at radius 1 is 1.39 bits per heavy atom. The van der Waals surface area contributed by atoms with Gasteiger partial charge in [0, 0.05) is 18.5 Å². The number of benzene rings is 1. The van der Waals surface area contributed by atoms with E-state index in [4.69, 9.17) is 0 Å². The molecule has 96 valence electrons. The van der Waals surface area contributed by atoms with Crippen molar-refractivity contribution in [3.63, 3.8) is 0 Å². The zero-order chi connectivity index (χ0) is 12.9. The van der Waals surface area contributed by atoms with Crippen molar-refractivity contribution in [1.82, 2.24) is 10.2 Å². The molecule has 1 amide bonds. The fourth-order valence-electron chi connectivity index (χ4n) is 3.58. The van der Waals surface area contributed by atoms with Crippen molar-refractivity contribution in [3.8, 4) is 0 Å². The highest BCUT2D eigenvalue weighted by molar-refractivity contribution is 5.80. The highest BCUT2D eigenvalue weighted by Crippen LogP contribution is 2.41. The summed E-state index contributed by atoms with van der Waals surface area (Å²) >= 11 is 0. The maximum Gasteiger partial charge on any atom is 0.237 e. The van der Waals surface area contributed by atoms with Crippen LogP contribution in [0.1, 0.15) is 36.6 Å². The number of fused-ring (bicyclic) bond motifs is 3. The number of hydrogen-bond acceptors (Lipinski definition) is 2. The van der Waals surface area contributed by atoms with Gasteiger partial charge in [0.1, 0.15) is 0 Å². The van der Waals surface area contributed by atoms with Gasteiger partial charge < -0.3 is 10.2 Å². The normalized spacial score (nSPS) is 25.6. The van der Waals surface area contributed by atoms with E-state index >= 15 is 0 Å². The SMILES string of the molecule is Cc1cccc2c1C(C)(C)CN1C(=O)CNCC21. The van der Waals surface area contributed by atoms with Crippen molar-refractivity contribution < 1.29 is 4.79 Å². The molecule has 1 unspecified atom stereocenters. The van der Waals surface area contributed by atoms with Crippen LogP contribution in [0.3, 0.4) is 0 Å². The molecule has 1 aromatic carbocycles. The zero-order valence-electron chi connectivity index (χ0n) is 11.3. The smallest absolute Gasteiger partial charge is 0.237 e. The molecule has 2 heterocycles. The first kappa shape index (κ1) is 11.7. The Balaban J connectivity index is 2.17. The number of carbonyl (C=O) groups is 1. The quantitative estimate of drug-likeness (QED) is 0.754. The van der Waals surface area contributed by atoms with Crippen molar-refractivity contribution in [2.24, 2.45) is 0 Å². The van der Waals surface area contributed by atoms with Gasteiger partial charge in [0.15, 0.2) is 0 Å². The lowest BCUT2D eigenvalue weighted by Gasteiger charge is -2.48. The van der Waals surface area contributed by atoms with Crippen LogP contribution in [-0.2, 0) is 10.2 Å². The van der Waals surface area contributed by atoms with Crippen LogP contribution in [0, 0.1) is 6.92 Å². The summed E-state index contributed by atoms with van der Waals surface area (Å²) in [6, 6.07) is 6.68. The molecule has 0 spiro atoms. The van der Waals surface area contributed by atoms with Gasteiger partial charge in [-0.2, -0.15) is 0 Å². The average molecular weight is 244 g/mol. The number of rotatable bonds is 0. The number of carbonyl (C=O) groups excluding carboxylic acids is 1. The number of nitrogens with zero attached hydrogens (tertiary/aromatic N) is 1. The Kier molecular flexibility index (Phi) is 2.49. The van der Waals surface area contributed by atoms with Gasteiger partial charge in [0.25, 0.3) is 0 Å². The second-order valence-electron chi connectivity index (χ2n) is 6.09. The second kappa shape index (κ2) is 3.82. The third-order valence-corrected chi connectivity index (χ3v) is 4.22. The summed E-state index contributed by atoms with van der Waals surface area (Å²) in [6.07, 6.45) is 0. The summed E-state index contributed by atoms with van der Waals surface area (Å²) in [7, 11) is 0. The van der Waals surface area contributed by atoms with Gasteiger partial charge in [-0.25, -0.2) is 0 Å². The van der Waals surface area contributed by atoms with E-state index in [2.05, 4.69) is 49.2 Å². The third-order valence-electron chi connectivity index (χ3n) is 4.22. The molecule has 2 aliphatic heterocycles. The number of aryl methyl sites for hydroxylation is 1. The first-order valence-electron chi connectivity index (χ1n) is 6.61. The number of piperazine rings is 1. The largest absolute Gasteiger partial charge is 0.332 e. The van der Waals surface area contributed by atoms with E-state index in [1.54, 1.807) is 0 Å². The van der Waals surface area contributed by atoms with Gasteiger partial charge in [-0.3, -0.25) is 4.79 Å². The van der Waals surface area contributed by atoms with Crippen molar-refractivity contribution in [1.29, 1.82) is 0 Å². The zero-order valence-corrected chi connectivity index (χ0v) is 11.3. The minimum Gasteiger partial charge on any atom is -0.332 e. The fourth-order valence-corrected chi connectivity index (χ4v) is 3.58. The van der Waals surface area contributed by atoms with Crippen molar-refractivity contribution in [3.05, 3.63) is 34.9 Å². The van der Waals surface area contributed by atoms with Gasteiger partial charge in [-0.05, 0) is 23.6 Å². The predicted octanol–water partition coefficient (Wildman–Crippen LogP) is 1.76. The van der Waals surface area contributed by atoms with Gasteiger partial charge >= 0.3 is 0 Å². The molecule has 0 radical (unpaired) electrons.